The molecular formula is C21H20F2N2O4S. The van der Waals surface area contributed by atoms with Gasteiger partial charge in [-0.2, -0.15) is 8.78 Å². The van der Waals surface area contributed by atoms with E-state index >= 15 is 0 Å². The van der Waals surface area contributed by atoms with E-state index in [1.807, 2.05) is 12.1 Å². The number of rotatable bonds is 5. The number of pyridine rings is 1. The Balaban J connectivity index is 1.70. The van der Waals surface area contributed by atoms with Crippen LogP contribution in [0.15, 0.2) is 64.5 Å². The number of nitrogens with zero attached hydrogens (tertiary/aromatic N) is 2. The molecular weight excluding hydrogens is 414 g/mol. The first-order valence-electron chi connectivity index (χ1n) is 9.46. The molecule has 0 bridgehead atoms. The number of ether oxygens (including phenoxy) is 1. The summed E-state index contributed by atoms with van der Waals surface area (Å²) in [6.45, 7) is -1.66. The highest BCUT2D eigenvalue weighted by molar-refractivity contribution is 7.91. The topological polar surface area (TPSA) is 79.7 Å². The molecule has 2 heterocycles. The predicted octanol–water partition coefficient (Wildman–Crippen LogP) is 3.63. The Hall–Kier alpha value is -2.78. The number of fused-ring (bicyclic) bond motifs is 1. The van der Waals surface area contributed by atoms with Crippen molar-refractivity contribution in [2.24, 2.45) is 0 Å². The molecule has 1 aliphatic heterocycles. The van der Waals surface area contributed by atoms with Crippen LogP contribution in [-0.2, 0) is 9.84 Å². The fourth-order valence-corrected chi connectivity index (χ4v) is 4.86. The van der Waals surface area contributed by atoms with Crippen molar-refractivity contribution >= 4 is 26.4 Å². The molecule has 1 saturated heterocycles. The number of anilines is 1. The second kappa shape index (κ2) is 8.16. The van der Waals surface area contributed by atoms with Gasteiger partial charge in [-0.05, 0) is 43.2 Å². The van der Waals surface area contributed by atoms with Crippen molar-refractivity contribution in [1.29, 1.82) is 0 Å². The first-order valence-corrected chi connectivity index (χ1v) is 10.9. The van der Waals surface area contributed by atoms with Crippen molar-refractivity contribution in [1.82, 2.24) is 4.98 Å². The minimum atomic E-state index is -3.97. The van der Waals surface area contributed by atoms with Crippen molar-refractivity contribution in [3.8, 4) is 5.75 Å². The lowest BCUT2D eigenvalue weighted by Gasteiger charge is -2.31. The zero-order chi connectivity index (χ0) is 21.3. The van der Waals surface area contributed by atoms with Crippen LogP contribution in [0.3, 0.4) is 0 Å². The third-order valence-corrected chi connectivity index (χ3v) is 6.84. The molecule has 2 aromatic carbocycles. The highest BCUT2D eigenvalue weighted by atomic mass is 32.2. The Morgan fingerprint density at radius 2 is 1.80 bits per heavy atom. The zero-order valence-corrected chi connectivity index (χ0v) is 16.7. The molecule has 1 N–H and O–H groups in total. The maximum atomic E-state index is 13.0. The summed E-state index contributed by atoms with van der Waals surface area (Å²) >= 11 is 0. The maximum absolute atomic E-state index is 13.0. The minimum absolute atomic E-state index is 0.0320. The molecule has 0 aliphatic carbocycles. The molecule has 6 nitrogen and oxygen atoms in total. The molecule has 1 fully saturated rings. The third kappa shape index (κ3) is 4.08. The number of benzene rings is 2. The maximum Gasteiger partial charge on any atom is 0.387 e. The highest BCUT2D eigenvalue weighted by Crippen LogP contribution is 2.31. The summed E-state index contributed by atoms with van der Waals surface area (Å²) in [5, 5.41) is 10.4. The fraction of sp³-hybridized carbons (Fsp3) is 0.286. The van der Waals surface area contributed by atoms with Gasteiger partial charge in [0.25, 0.3) is 0 Å². The Kier molecular flexibility index (Phi) is 5.57. The summed E-state index contributed by atoms with van der Waals surface area (Å²) in [6, 6.07) is 12.1. The Morgan fingerprint density at radius 1 is 1.07 bits per heavy atom. The summed E-state index contributed by atoms with van der Waals surface area (Å²) < 4.78 is 55.3. The van der Waals surface area contributed by atoms with Gasteiger partial charge in [-0.3, -0.25) is 4.98 Å². The first-order chi connectivity index (χ1) is 14.3. The zero-order valence-electron chi connectivity index (χ0n) is 15.9. The van der Waals surface area contributed by atoms with Crippen LogP contribution in [0.5, 0.6) is 5.75 Å². The van der Waals surface area contributed by atoms with Crippen molar-refractivity contribution in [2.75, 3.05) is 18.0 Å². The molecule has 1 aromatic heterocycles. The highest BCUT2D eigenvalue weighted by Gasteiger charge is 2.22. The van der Waals surface area contributed by atoms with E-state index in [1.54, 1.807) is 6.07 Å². The van der Waals surface area contributed by atoms with Crippen molar-refractivity contribution in [3.63, 3.8) is 0 Å². The summed E-state index contributed by atoms with van der Waals surface area (Å²) in [5.74, 6) is -0.227. The van der Waals surface area contributed by atoms with Crippen LogP contribution in [0.4, 0.5) is 14.5 Å². The van der Waals surface area contributed by atoms with E-state index in [0.29, 0.717) is 36.8 Å². The van der Waals surface area contributed by atoms with Gasteiger partial charge in [-0.25, -0.2) is 8.42 Å². The molecule has 4 rings (SSSR count). The number of para-hydroxylation sites is 1. The average molecular weight is 434 g/mol. The number of alkyl halides is 2. The minimum Gasteiger partial charge on any atom is -0.435 e. The van der Waals surface area contributed by atoms with Crippen LogP contribution in [0, 0.1) is 0 Å². The van der Waals surface area contributed by atoms with Gasteiger partial charge in [0.2, 0.25) is 9.84 Å². The third-order valence-electron chi connectivity index (χ3n) is 5.12. The first kappa shape index (κ1) is 20.5. The molecule has 0 radical (unpaired) electrons. The molecule has 0 unspecified atom stereocenters. The molecule has 0 spiro atoms. The lowest BCUT2D eigenvalue weighted by molar-refractivity contribution is -0.0499. The number of hydrogen-bond donors (Lipinski definition) is 1. The van der Waals surface area contributed by atoms with Crippen LogP contribution >= 0.6 is 0 Å². The number of halogens is 2. The van der Waals surface area contributed by atoms with E-state index in [2.05, 4.69) is 14.6 Å². The van der Waals surface area contributed by atoms with Crippen LogP contribution in [0.25, 0.3) is 10.9 Å². The van der Waals surface area contributed by atoms with E-state index in [9.17, 15) is 22.3 Å². The van der Waals surface area contributed by atoms with Crippen molar-refractivity contribution in [3.05, 3.63) is 54.7 Å². The average Bonchev–Trinajstić information content (AvgIpc) is 2.73. The molecule has 0 saturated carbocycles. The number of aliphatic hydroxyl groups excluding tert-OH is 1. The normalized spacial score (nSPS) is 15.7. The number of hydrogen-bond acceptors (Lipinski definition) is 6. The smallest absolute Gasteiger partial charge is 0.387 e. The van der Waals surface area contributed by atoms with Gasteiger partial charge in [0.05, 0.1) is 27.1 Å². The fourth-order valence-electron chi connectivity index (χ4n) is 3.59. The van der Waals surface area contributed by atoms with Crippen LogP contribution in [0.2, 0.25) is 0 Å². The molecule has 30 heavy (non-hydrogen) atoms. The van der Waals surface area contributed by atoms with Crippen molar-refractivity contribution < 1.29 is 27.0 Å². The van der Waals surface area contributed by atoms with Gasteiger partial charge in [-0.15, -0.1) is 0 Å². The lowest BCUT2D eigenvalue weighted by Crippen LogP contribution is -2.35. The number of aromatic nitrogens is 1. The summed E-state index contributed by atoms with van der Waals surface area (Å²) in [6.07, 6.45) is 2.31. The van der Waals surface area contributed by atoms with Crippen LogP contribution in [-0.4, -0.2) is 44.3 Å². The van der Waals surface area contributed by atoms with Crippen molar-refractivity contribution in [2.45, 2.75) is 35.3 Å². The predicted molar refractivity (Wildman–Crippen MR) is 108 cm³/mol. The van der Waals surface area contributed by atoms with E-state index in [4.69, 9.17) is 0 Å². The Morgan fingerprint density at radius 3 is 2.53 bits per heavy atom. The van der Waals surface area contributed by atoms with Gasteiger partial charge < -0.3 is 14.7 Å². The van der Waals surface area contributed by atoms with Gasteiger partial charge in [-0.1, -0.05) is 18.2 Å². The monoisotopic (exact) mass is 434 g/mol. The van der Waals surface area contributed by atoms with Crippen LogP contribution < -0.4 is 9.64 Å². The van der Waals surface area contributed by atoms with Crippen LogP contribution in [0.1, 0.15) is 12.8 Å². The number of aliphatic hydroxyl groups is 1. The Labute approximate surface area is 172 Å². The van der Waals surface area contributed by atoms with E-state index in [-0.39, 0.29) is 21.6 Å². The number of piperidine rings is 1. The largest absolute Gasteiger partial charge is 0.435 e. The van der Waals surface area contributed by atoms with Gasteiger partial charge in [0, 0.05) is 24.7 Å². The van der Waals surface area contributed by atoms with Gasteiger partial charge in [0.15, 0.2) is 0 Å². The van der Waals surface area contributed by atoms with E-state index in [1.165, 1.54) is 30.5 Å². The van der Waals surface area contributed by atoms with E-state index in [0.717, 1.165) is 11.8 Å². The van der Waals surface area contributed by atoms with E-state index < -0.39 is 16.4 Å². The molecule has 9 heteroatoms. The number of sulfone groups is 1. The molecule has 0 atom stereocenters. The summed E-state index contributed by atoms with van der Waals surface area (Å²) in [7, 11) is -3.97. The SMILES string of the molecule is O=S(=O)(c1cccc(OC(F)F)c1)c1cnc2c(N3CCC(O)CC3)cccc2c1. The van der Waals surface area contributed by atoms with Gasteiger partial charge in [0.1, 0.15) is 5.75 Å². The second-order valence-electron chi connectivity index (χ2n) is 7.09. The molecule has 1 aliphatic rings. The quantitative estimate of drug-likeness (QED) is 0.661. The lowest BCUT2D eigenvalue weighted by atomic mass is 10.1. The summed E-state index contributed by atoms with van der Waals surface area (Å²) in [5.41, 5.74) is 1.55. The summed E-state index contributed by atoms with van der Waals surface area (Å²) in [4.78, 5) is 6.35. The molecule has 0 amide bonds. The molecule has 158 valence electrons. The Bertz CT molecular complexity index is 1160. The standard InChI is InChI=1S/C21H20F2N2O4S/c22-21(23)29-16-4-2-5-17(12-16)30(27,28)18-11-14-3-1-6-19(20(14)24-13-18)25-9-7-15(26)8-10-25/h1-6,11-13,15,21,26H,7-10H2. The van der Waals surface area contributed by atoms with Gasteiger partial charge >= 0.3 is 6.61 Å². The molecule has 3 aromatic rings. The second-order valence-corrected chi connectivity index (χ2v) is 9.04.